The van der Waals surface area contributed by atoms with Gasteiger partial charge in [0.15, 0.2) is 23.2 Å². The predicted molar refractivity (Wildman–Crippen MR) is 37.7 cm³/mol. The average molecular weight is 231 g/mol. The highest BCUT2D eigenvalue weighted by atomic mass is 19.4. The van der Waals surface area contributed by atoms with Crippen LogP contribution in [0.1, 0.15) is 0 Å². The molecule has 0 aliphatic rings. The maximum atomic E-state index is 12.8. The number of phenolic OH excluding ortho intramolecular Hbond substituents is 1. The van der Waals surface area contributed by atoms with Crippen molar-refractivity contribution < 1.29 is 31.4 Å². The number of alkyl halides is 3. The second-order valence-corrected chi connectivity index (χ2v) is 2.50. The van der Waals surface area contributed by atoms with Crippen molar-refractivity contribution in [3.05, 3.63) is 23.5 Å². The first-order valence-electron chi connectivity index (χ1n) is 3.43. The molecule has 1 aromatic carbocycles. The summed E-state index contributed by atoms with van der Waals surface area (Å²) in [5.41, 5.74) is -1.78. The van der Waals surface area contributed by atoms with E-state index in [1.807, 2.05) is 0 Å². The summed E-state index contributed by atoms with van der Waals surface area (Å²) in [7, 11) is 0. The van der Waals surface area contributed by atoms with Crippen LogP contribution in [0.3, 0.4) is 0 Å². The average Bonchev–Trinajstić information content (AvgIpc) is 2.08. The Labute approximate surface area is 79.1 Å². The van der Waals surface area contributed by atoms with Gasteiger partial charge in [0.1, 0.15) is 5.69 Å². The van der Waals surface area contributed by atoms with Crippen LogP contribution in [0.4, 0.5) is 32.0 Å². The number of halogens is 6. The lowest BCUT2D eigenvalue weighted by molar-refractivity contribution is -0.100. The highest BCUT2D eigenvalue weighted by Gasteiger charge is 2.32. The van der Waals surface area contributed by atoms with Crippen molar-refractivity contribution in [2.45, 2.75) is 6.30 Å². The Morgan fingerprint density at radius 2 is 1.60 bits per heavy atom. The number of hydrogen-bond donors (Lipinski definition) is 2. The van der Waals surface area contributed by atoms with E-state index < -0.39 is 35.2 Å². The summed E-state index contributed by atoms with van der Waals surface area (Å²) in [4.78, 5) is 0. The van der Waals surface area contributed by atoms with Gasteiger partial charge >= 0.3 is 6.30 Å². The van der Waals surface area contributed by atoms with Crippen molar-refractivity contribution >= 4 is 5.69 Å². The zero-order valence-electron chi connectivity index (χ0n) is 6.79. The quantitative estimate of drug-likeness (QED) is 0.442. The van der Waals surface area contributed by atoms with E-state index in [0.717, 1.165) is 0 Å². The van der Waals surface area contributed by atoms with Gasteiger partial charge in [-0.2, -0.15) is 13.2 Å². The summed E-state index contributed by atoms with van der Waals surface area (Å²) < 4.78 is 73.1. The molecule has 0 saturated heterocycles. The first-order chi connectivity index (χ1) is 6.72. The van der Waals surface area contributed by atoms with Crippen LogP contribution in [0.25, 0.3) is 0 Å². The molecular formula is C7H3F6NO. The summed E-state index contributed by atoms with van der Waals surface area (Å²) in [6.45, 7) is 0. The van der Waals surface area contributed by atoms with Gasteiger partial charge in [-0.05, 0) is 0 Å². The van der Waals surface area contributed by atoms with Crippen LogP contribution in [-0.2, 0) is 0 Å². The van der Waals surface area contributed by atoms with Gasteiger partial charge in [0.25, 0.3) is 0 Å². The smallest absolute Gasteiger partial charge is 0.482 e. The molecule has 15 heavy (non-hydrogen) atoms. The molecule has 1 aromatic rings. The Kier molecular flexibility index (Phi) is 2.69. The molecule has 0 bridgehead atoms. The second kappa shape index (κ2) is 3.52. The highest BCUT2D eigenvalue weighted by Crippen LogP contribution is 2.32. The topological polar surface area (TPSA) is 32.3 Å². The van der Waals surface area contributed by atoms with E-state index in [-0.39, 0.29) is 6.07 Å². The van der Waals surface area contributed by atoms with Gasteiger partial charge in [0.05, 0.1) is 0 Å². The first kappa shape index (κ1) is 11.5. The molecule has 8 heteroatoms. The predicted octanol–water partition coefficient (Wildman–Crippen LogP) is 2.74. The van der Waals surface area contributed by atoms with E-state index in [4.69, 9.17) is 5.11 Å². The van der Waals surface area contributed by atoms with Gasteiger partial charge in [0.2, 0.25) is 0 Å². The summed E-state index contributed by atoms with van der Waals surface area (Å²) in [5.74, 6) is -7.17. The lowest BCUT2D eigenvalue weighted by atomic mass is 10.2. The number of aromatic hydroxyl groups is 1. The second-order valence-electron chi connectivity index (χ2n) is 2.50. The number of hydrogen-bond acceptors (Lipinski definition) is 2. The van der Waals surface area contributed by atoms with Gasteiger partial charge < -0.3 is 5.11 Å². The van der Waals surface area contributed by atoms with Crippen LogP contribution in [0.5, 0.6) is 5.75 Å². The zero-order chi connectivity index (χ0) is 11.8. The number of nitrogens with one attached hydrogen (secondary N) is 1. The van der Waals surface area contributed by atoms with Gasteiger partial charge in [-0.25, -0.2) is 13.2 Å². The molecule has 0 saturated carbocycles. The number of benzene rings is 1. The van der Waals surface area contributed by atoms with Crippen LogP contribution < -0.4 is 5.32 Å². The molecule has 0 atom stereocenters. The van der Waals surface area contributed by atoms with Crippen molar-refractivity contribution in [1.29, 1.82) is 0 Å². The normalized spacial score (nSPS) is 11.6. The zero-order valence-corrected chi connectivity index (χ0v) is 6.79. The minimum absolute atomic E-state index is 0.0339. The highest BCUT2D eigenvalue weighted by molar-refractivity contribution is 5.52. The minimum Gasteiger partial charge on any atom is -0.505 e. The van der Waals surface area contributed by atoms with Crippen LogP contribution >= 0.6 is 0 Å². The fraction of sp³-hybridized carbons (Fsp3) is 0.143. The van der Waals surface area contributed by atoms with Crippen LogP contribution in [-0.4, -0.2) is 11.4 Å². The fourth-order valence-corrected chi connectivity index (χ4v) is 0.842. The van der Waals surface area contributed by atoms with Crippen LogP contribution in [0.2, 0.25) is 0 Å². The maximum absolute atomic E-state index is 12.8. The standard InChI is InChI=1S/C7H3F6NO/c8-2-1-3(15)5(10)6(4(2)9)14-7(11,12)13/h1,14-15H. The van der Waals surface area contributed by atoms with E-state index >= 15 is 0 Å². The molecule has 2 N–H and O–H groups in total. The molecule has 0 radical (unpaired) electrons. The molecular weight excluding hydrogens is 228 g/mol. The lowest BCUT2D eigenvalue weighted by Crippen LogP contribution is -2.22. The molecule has 0 fully saturated rings. The Morgan fingerprint density at radius 3 is 2.07 bits per heavy atom. The van der Waals surface area contributed by atoms with Crippen molar-refractivity contribution in [2.24, 2.45) is 0 Å². The summed E-state index contributed by atoms with van der Waals surface area (Å²) in [6.07, 6.45) is -5.14. The summed E-state index contributed by atoms with van der Waals surface area (Å²) in [5, 5.41) is 9.06. The van der Waals surface area contributed by atoms with Gasteiger partial charge in [-0.15, -0.1) is 0 Å². The Bertz CT molecular complexity index is 362. The number of phenols is 1. The fourth-order valence-electron chi connectivity index (χ4n) is 0.842. The molecule has 84 valence electrons. The molecule has 2 nitrogen and oxygen atoms in total. The molecule has 0 aromatic heterocycles. The van der Waals surface area contributed by atoms with Crippen LogP contribution in [0.15, 0.2) is 6.07 Å². The monoisotopic (exact) mass is 231 g/mol. The van der Waals surface area contributed by atoms with E-state index in [2.05, 4.69) is 0 Å². The van der Waals surface area contributed by atoms with Gasteiger partial charge in [-0.3, -0.25) is 5.32 Å². The molecule has 0 unspecified atom stereocenters. The molecule has 0 aliphatic carbocycles. The van der Waals surface area contributed by atoms with E-state index in [9.17, 15) is 26.3 Å². The molecule has 0 heterocycles. The SMILES string of the molecule is Oc1cc(F)c(F)c(NC(F)(F)F)c1F. The number of anilines is 1. The van der Waals surface area contributed by atoms with Crippen molar-refractivity contribution in [1.82, 2.24) is 0 Å². The third-order valence-corrected chi connectivity index (χ3v) is 1.40. The molecule has 0 spiro atoms. The van der Waals surface area contributed by atoms with Crippen LogP contribution in [0, 0.1) is 17.5 Å². The van der Waals surface area contributed by atoms with Gasteiger partial charge in [0, 0.05) is 6.07 Å². The first-order valence-corrected chi connectivity index (χ1v) is 3.43. The minimum atomic E-state index is -5.14. The largest absolute Gasteiger partial charge is 0.505 e. The number of rotatable bonds is 1. The Hall–Kier alpha value is -1.60. The molecule has 1 rings (SSSR count). The van der Waals surface area contributed by atoms with E-state index in [1.165, 1.54) is 0 Å². The third-order valence-electron chi connectivity index (χ3n) is 1.40. The lowest BCUT2D eigenvalue weighted by Gasteiger charge is -2.12. The van der Waals surface area contributed by atoms with Gasteiger partial charge in [-0.1, -0.05) is 0 Å². The van der Waals surface area contributed by atoms with Crippen molar-refractivity contribution in [2.75, 3.05) is 5.32 Å². The van der Waals surface area contributed by atoms with E-state index in [1.54, 1.807) is 0 Å². The summed E-state index contributed by atoms with van der Waals surface area (Å²) >= 11 is 0. The Morgan fingerprint density at radius 1 is 1.07 bits per heavy atom. The maximum Gasteiger partial charge on any atom is 0.482 e. The van der Waals surface area contributed by atoms with Crippen molar-refractivity contribution in [3.63, 3.8) is 0 Å². The summed E-state index contributed by atoms with van der Waals surface area (Å²) in [6, 6.07) is 0.0339. The van der Waals surface area contributed by atoms with Crippen molar-refractivity contribution in [3.8, 4) is 5.75 Å². The molecule has 0 amide bonds. The third kappa shape index (κ3) is 2.45. The van der Waals surface area contributed by atoms with E-state index in [0.29, 0.717) is 5.32 Å². The Balaban J connectivity index is 3.27. The molecule has 0 aliphatic heterocycles.